The molecule has 0 aromatic carbocycles. The lowest BCUT2D eigenvalue weighted by atomic mass is 9.81. The number of hydrogen-bond donors (Lipinski definition) is 1. The van der Waals surface area contributed by atoms with Crippen LogP contribution in [0.5, 0.6) is 0 Å². The molecule has 1 aromatic heterocycles. The van der Waals surface area contributed by atoms with E-state index in [0.717, 1.165) is 12.8 Å². The number of likely N-dealkylation sites (N-methyl/N-ethyl adjacent to an activating group) is 1. The van der Waals surface area contributed by atoms with E-state index in [1.807, 2.05) is 11.3 Å². The van der Waals surface area contributed by atoms with Crippen molar-refractivity contribution in [3.63, 3.8) is 0 Å². The molecule has 1 N–H and O–H groups in total. The fourth-order valence-electron chi connectivity index (χ4n) is 2.91. The Hall–Kier alpha value is -0.780. The van der Waals surface area contributed by atoms with Gasteiger partial charge in [-0.2, -0.15) is 0 Å². The number of unbranched alkanes of at least 4 members (excludes halogenated alkanes) is 1. The van der Waals surface area contributed by atoms with Crippen LogP contribution in [0.2, 0.25) is 0 Å². The molecule has 1 aliphatic carbocycles. The van der Waals surface area contributed by atoms with E-state index in [4.69, 9.17) is 6.42 Å². The molecule has 2 unspecified atom stereocenters. The third kappa shape index (κ3) is 2.91. The number of terminal acetylenes is 1. The topological polar surface area (TPSA) is 12.0 Å². The number of fused-ring (bicyclic) bond motifs is 1. The monoisotopic (exact) mass is 247 g/mol. The van der Waals surface area contributed by atoms with Crippen LogP contribution in [-0.4, -0.2) is 13.1 Å². The maximum atomic E-state index is 5.33. The van der Waals surface area contributed by atoms with Gasteiger partial charge in [-0.3, -0.25) is 0 Å². The van der Waals surface area contributed by atoms with Crippen molar-refractivity contribution in [2.45, 2.75) is 50.5 Å². The van der Waals surface area contributed by atoms with E-state index in [1.165, 1.54) is 25.7 Å². The molecule has 1 aromatic rings. The summed E-state index contributed by atoms with van der Waals surface area (Å²) in [6, 6.07) is 2.92. The molecule has 0 saturated heterocycles. The SMILES string of the molecule is C#CCCCC(NC)C1CCCc2sccc21. The Morgan fingerprint density at radius 1 is 1.65 bits per heavy atom. The van der Waals surface area contributed by atoms with E-state index < -0.39 is 0 Å². The first-order valence-electron chi connectivity index (χ1n) is 6.53. The lowest BCUT2D eigenvalue weighted by Crippen LogP contribution is -2.33. The van der Waals surface area contributed by atoms with Crippen LogP contribution in [0.25, 0.3) is 0 Å². The molecule has 0 spiro atoms. The molecule has 1 aliphatic rings. The van der Waals surface area contributed by atoms with Crippen molar-refractivity contribution in [2.75, 3.05) is 7.05 Å². The number of hydrogen-bond acceptors (Lipinski definition) is 2. The van der Waals surface area contributed by atoms with Crippen molar-refractivity contribution in [3.05, 3.63) is 21.9 Å². The summed E-state index contributed by atoms with van der Waals surface area (Å²) in [5.41, 5.74) is 1.60. The van der Waals surface area contributed by atoms with Gasteiger partial charge in [0.25, 0.3) is 0 Å². The van der Waals surface area contributed by atoms with Crippen LogP contribution in [0.1, 0.15) is 48.5 Å². The molecule has 0 saturated carbocycles. The van der Waals surface area contributed by atoms with E-state index in [1.54, 1.807) is 10.4 Å². The number of aryl methyl sites for hydroxylation is 1. The van der Waals surface area contributed by atoms with Gasteiger partial charge in [0.1, 0.15) is 0 Å². The second-order valence-corrected chi connectivity index (χ2v) is 5.79. The molecule has 0 fully saturated rings. The summed E-state index contributed by atoms with van der Waals surface area (Å²) in [5, 5.41) is 5.74. The van der Waals surface area contributed by atoms with Crippen LogP contribution in [0.15, 0.2) is 11.4 Å². The average molecular weight is 247 g/mol. The predicted octanol–water partition coefficient (Wildman–Crippen LogP) is 3.56. The van der Waals surface area contributed by atoms with E-state index in [-0.39, 0.29) is 0 Å². The Kier molecular flexibility index (Phi) is 4.65. The highest BCUT2D eigenvalue weighted by molar-refractivity contribution is 7.10. The highest BCUT2D eigenvalue weighted by atomic mass is 32.1. The van der Waals surface area contributed by atoms with Crippen LogP contribution in [-0.2, 0) is 6.42 Å². The minimum Gasteiger partial charge on any atom is -0.316 e. The Morgan fingerprint density at radius 2 is 2.53 bits per heavy atom. The van der Waals surface area contributed by atoms with E-state index in [9.17, 15) is 0 Å². The van der Waals surface area contributed by atoms with Gasteiger partial charge in [-0.1, -0.05) is 0 Å². The first-order valence-corrected chi connectivity index (χ1v) is 7.41. The third-order valence-corrected chi connectivity index (χ3v) is 4.79. The second-order valence-electron chi connectivity index (χ2n) is 4.79. The lowest BCUT2D eigenvalue weighted by molar-refractivity contribution is 0.390. The molecular weight excluding hydrogens is 226 g/mol. The maximum absolute atomic E-state index is 5.33. The number of nitrogens with one attached hydrogen (secondary N) is 1. The third-order valence-electron chi connectivity index (χ3n) is 3.79. The van der Waals surface area contributed by atoms with Gasteiger partial charge in [0.15, 0.2) is 0 Å². The van der Waals surface area contributed by atoms with Crippen LogP contribution in [0, 0.1) is 12.3 Å². The predicted molar refractivity (Wildman–Crippen MR) is 75.5 cm³/mol. The van der Waals surface area contributed by atoms with Crippen molar-refractivity contribution in [1.82, 2.24) is 5.32 Å². The van der Waals surface area contributed by atoms with Gasteiger partial charge in [0, 0.05) is 23.3 Å². The first kappa shape index (κ1) is 12.7. The fraction of sp³-hybridized carbons (Fsp3) is 0.600. The zero-order valence-corrected chi connectivity index (χ0v) is 11.4. The van der Waals surface area contributed by atoms with Gasteiger partial charge in [-0.25, -0.2) is 0 Å². The first-order chi connectivity index (χ1) is 8.36. The molecule has 2 atom stereocenters. The molecule has 17 heavy (non-hydrogen) atoms. The summed E-state index contributed by atoms with van der Waals surface area (Å²) in [4.78, 5) is 1.61. The molecular formula is C15H21NS. The molecule has 92 valence electrons. The summed E-state index contributed by atoms with van der Waals surface area (Å²) >= 11 is 1.93. The minimum atomic E-state index is 0.594. The minimum absolute atomic E-state index is 0.594. The van der Waals surface area contributed by atoms with Gasteiger partial charge in [0.2, 0.25) is 0 Å². The largest absolute Gasteiger partial charge is 0.316 e. The van der Waals surface area contributed by atoms with E-state index in [0.29, 0.717) is 12.0 Å². The Bertz CT molecular complexity index is 388. The van der Waals surface area contributed by atoms with Gasteiger partial charge in [-0.05, 0) is 56.2 Å². The van der Waals surface area contributed by atoms with Crippen LogP contribution in [0.4, 0.5) is 0 Å². The highest BCUT2D eigenvalue weighted by Gasteiger charge is 2.27. The average Bonchev–Trinajstić information content (AvgIpc) is 2.83. The van der Waals surface area contributed by atoms with Gasteiger partial charge >= 0.3 is 0 Å². The molecule has 2 heteroatoms. The molecule has 0 aliphatic heterocycles. The molecule has 1 heterocycles. The smallest absolute Gasteiger partial charge is 0.0133 e. The molecule has 2 rings (SSSR count). The highest BCUT2D eigenvalue weighted by Crippen LogP contribution is 2.38. The second kappa shape index (κ2) is 6.23. The summed E-state index contributed by atoms with van der Waals surface area (Å²) < 4.78 is 0. The molecule has 0 bridgehead atoms. The van der Waals surface area contributed by atoms with Crippen molar-refractivity contribution < 1.29 is 0 Å². The maximum Gasteiger partial charge on any atom is 0.0133 e. The number of thiophene rings is 1. The van der Waals surface area contributed by atoms with Crippen molar-refractivity contribution in [1.29, 1.82) is 0 Å². The molecule has 1 nitrogen and oxygen atoms in total. The van der Waals surface area contributed by atoms with Crippen molar-refractivity contribution >= 4 is 11.3 Å². The summed E-state index contributed by atoms with van der Waals surface area (Å²) in [5.74, 6) is 3.44. The summed E-state index contributed by atoms with van der Waals surface area (Å²) in [6.07, 6.45) is 12.5. The van der Waals surface area contributed by atoms with Gasteiger partial charge in [-0.15, -0.1) is 23.7 Å². The fourth-order valence-corrected chi connectivity index (χ4v) is 3.91. The quantitative estimate of drug-likeness (QED) is 0.619. The van der Waals surface area contributed by atoms with Crippen molar-refractivity contribution in [2.24, 2.45) is 0 Å². The van der Waals surface area contributed by atoms with Gasteiger partial charge < -0.3 is 5.32 Å². The van der Waals surface area contributed by atoms with Crippen LogP contribution in [0.3, 0.4) is 0 Å². The summed E-state index contributed by atoms with van der Waals surface area (Å²) in [7, 11) is 2.08. The Labute approximate surface area is 109 Å². The van der Waals surface area contributed by atoms with E-state index >= 15 is 0 Å². The normalized spacial score (nSPS) is 20.6. The van der Waals surface area contributed by atoms with Gasteiger partial charge in [0.05, 0.1) is 0 Å². The van der Waals surface area contributed by atoms with E-state index in [2.05, 4.69) is 29.7 Å². The van der Waals surface area contributed by atoms with Crippen molar-refractivity contribution in [3.8, 4) is 12.3 Å². The lowest BCUT2D eigenvalue weighted by Gasteiger charge is -2.30. The standard InChI is InChI=1S/C15H21NS/c1-3-4-5-8-14(16-2)12-7-6-9-15-13(12)10-11-17-15/h1,10-12,14,16H,4-9H2,2H3. The zero-order valence-electron chi connectivity index (χ0n) is 10.5. The zero-order chi connectivity index (χ0) is 12.1. The Morgan fingerprint density at radius 3 is 3.29 bits per heavy atom. The number of rotatable bonds is 5. The molecule has 0 amide bonds. The molecule has 0 radical (unpaired) electrons. The van der Waals surface area contributed by atoms with Crippen LogP contribution < -0.4 is 5.32 Å². The van der Waals surface area contributed by atoms with Crippen LogP contribution >= 0.6 is 11.3 Å². The Balaban J connectivity index is 2.04. The summed E-state index contributed by atoms with van der Waals surface area (Å²) in [6.45, 7) is 0.